The summed E-state index contributed by atoms with van der Waals surface area (Å²) in [5.74, 6) is -1.34. The Hall–Kier alpha value is -4.13. The van der Waals surface area contributed by atoms with Crippen molar-refractivity contribution in [2.45, 2.75) is 50.0 Å². The van der Waals surface area contributed by atoms with Crippen LogP contribution < -0.4 is 4.74 Å². The first-order chi connectivity index (χ1) is 20.5. The van der Waals surface area contributed by atoms with Crippen molar-refractivity contribution >= 4 is 28.0 Å². The van der Waals surface area contributed by atoms with Gasteiger partial charge >= 0.3 is 24.1 Å². The monoisotopic (exact) mass is 638 g/mol. The minimum Gasteiger partial charge on any atom is -0.475 e. The minimum absolute atomic E-state index is 0.337. The number of rotatable bonds is 8. The lowest BCUT2D eigenvalue weighted by Crippen LogP contribution is -2.48. The first-order valence-electron chi connectivity index (χ1n) is 13.2. The Balaban J connectivity index is 1.36. The molecule has 11 nitrogen and oxygen atoms in total. The highest BCUT2D eigenvalue weighted by Gasteiger charge is 2.72. The van der Waals surface area contributed by atoms with Crippen LogP contribution in [0.25, 0.3) is 0 Å². The van der Waals surface area contributed by atoms with Crippen molar-refractivity contribution in [1.82, 2.24) is 0 Å². The summed E-state index contributed by atoms with van der Waals surface area (Å²) in [5.41, 5.74) is -2.31. The molecule has 2 bridgehead atoms. The van der Waals surface area contributed by atoms with Gasteiger partial charge in [-0.25, -0.2) is 4.79 Å². The standard InChI is InChI=1S/C29H25F3O11S/c1-28(2,11-10-15-6-4-3-5-7-15)43-18-14-16(8-9-17(18)29(30,31)32)25(33)41-23-21-19(26(34)39-12-13-44(36,37)38)20-22(40-21)24(23)42-27(20)35/h3-9,14,19-24H,12-13H2,1-2H3,(H,36,37,38). The molecule has 3 heterocycles. The fraction of sp³-hybridized carbons (Fsp3) is 0.414. The average Bonchev–Trinajstić information content (AvgIpc) is 3.55. The van der Waals surface area contributed by atoms with Crippen molar-refractivity contribution in [3.63, 3.8) is 0 Å². The van der Waals surface area contributed by atoms with Gasteiger partial charge in [-0.2, -0.15) is 21.6 Å². The van der Waals surface area contributed by atoms with Gasteiger partial charge in [-0.1, -0.05) is 30.0 Å². The summed E-state index contributed by atoms with van der Waals surface area (Å²) < 4.78 is 99.4. The molecular weight excluding hydrogens is 613 g/mol. The number of esters is 3. The minimum atomic E-state index is -4.84. The van der Waals surface area contributed by atoms with Crippen LogP contribution in [0, 0.1) is 23.7 Å². The number of hydrogen-bond donors (Lipinski definition) is 1. The predicted molar refractivity (Wildman–Crippen MR) is 142 cm³/mol. The van der Waals surface area contributed by atoms with E-state index in [2.05, 4.69) is 11.8 Å². The van der Waals surface area contributed by atoms with Gasteiger partial charge in [0.2, 0.25) is 0 Å². The number of halogens is 3. The molecule has 0 radical (unpaired) electrons. The van der Waals surface area contributed by atoms with E-state index < -0.39 is 99.7 Å². The zero-order valence-electron chi connectivity index (χ0n) is 23.1. The van der Waals surface area contributed by atoms with Crippen LogP contribution in [0.3, 0.4) is 0 Å². The number of ether oxygens (including phenoxy) is 5. The van der Waals surface area contributed by atoms with E-state index in [9.17, 15) is 36.0 Å². The molecule has 15 heteroatoms. The quantitative estimate of drug-likeness (QED) is 0.197. The number of carbonyl (C=O) groups is 3. The summed E-state index contributed by atoms with van der Waals surface area (Å²) in [5, 5.41) is 0. The van der Waals surface area contributed by atoms with E-state index in [1.807, 2.05) is 0 Å². The lowest BCUT2D eigenvalue weighted by molar-refractivity contribution is -0.155. The highest BCUT2D eigenvalue weighted by atomic mass is 32.2. The smallest absolute Gasteiger partial charge is 0.419 e. The number of hydrogen-bond acceptors (Lipinski definition) is 10. The maximum atomic E-state index is 13.9. The fourth-order valence-corrected chi connectivity index (χ4v) is 5.58. The fourth-order valence-electron chi connectivity index (χ4n) is 5.29. The van der Waals surface area contributed by atoms with Crippen molar-refractivity contribution in [3.05, 3.63) is 65.2 Å². The average molecular weight is 639 g/mol. The van der Waals surface area contributed by atoms with E-state index in [-0.39, 0.29) is 5.56 Å². The molecule has 2 aromatic carbocycles. The molecule has 3 fully saturated rings. The molecule has 0 aromatic heterocycles. The number of alkyl halides is 3. The van der Waals surface area contributed by atoms with E-state index in [4.69, 9.17) is 28.2 Å². The van der Waals surface area contributed by atoms with Gasteiger partial charge in [-0.05, 0) is 44.2 Å². The summed E-state index contributed by atoms with van der Waals surface area (Å²) in [6, 6.07) is 11.1. The summed E-state index contributed by atoms with van der Waals surface area (Å²) in [4.78, 5) is 38.4. The Kier molecular flexibility index (Phi) is 8.12. The Labute approximate surface area is 249 Å². The van der Waals surface area contributed by atoms with Gasteiger partial charge in [-0.3, -0.25) is 14.1 Å². The summed E-state index contributed by atoms with van der Waals surface area (Å²) >= 11 is 0. The van der Waals surface area contributed by atoms with Gasteiger partial charge in [0, 0.05) is 5.56 Å². The molecule has 1 N–H and O–H groups in total. The van der Waals surface area contributed by atoms with E-state index in [1.165, 1.54) is 13.8 Å². The summed E-state index contributed by atoms with van der Waals surface area (Å²) in [6.07, 6.45) is -9.44. The Morgan fingerprint density at radius 2 is 1.75 bits per heavy atom. The van der Waals surface area contributed by atoms with Crippen LogP contribution in [-0.4, -0.2) is 73.3 Å². The lowest BCUT2D eigenvalue weighted by atomic mass is 9.78. The zero-order chi connectivity index (χ0) is 32.0. The predicted octanol–water partition coefficient (Wildman–Crippen LogP) is 2.81. The molecule has 3 aliphatic heterocycles. The third kappa shape index (κ3) is 6.52. The number of fused-ring (bicyclic) bond motifs is 1. The second kappa shape index (κ2) is 11.4. The molecule has 6 atom stereocenters. The maximum absolute atomic E-state index is 13.9. The molecule has 2 aromatic rings. The lowest BCUT2D eigenvalue weighted by Gasteiger charge is -2.27. The molecule has 44 heavy (non-hydrogen) atoms. The first-order valence-corrected chi connectivity index (χ1v) is 14.8. The third-order valence-electron chi connectivity index (χ3n) is 7.18. The van der Waals surface area contributed by atoms with Gasteiger partial charge < -0.3 is 23.7 Å². The van der Waals surface area contributed by atoms with E-state index in [0.29, 0.717) is 11.6 Å². The molecule has 5 rings (SSSR count). The van der Waals surface area contributed by atoms with Gasteiger partial charge in [-0.15, -0.1) is 0 Å². The van der Waals surface area contributed by atoms with E-state index in [0.717, 1.165) is 12.1 Å². The molecule has 0 amide bonds. The second-order valence-corrected chi connectivity index (χ2v) is 12.4. The van der Waals surface area contributed by atoms with Crippen LogP contribution in [0.1, 0.15) is 35.3 Å². The van der Waals surface area contributed by atoms with Gasteiger partial charge in [0.05, 0.1) is 11.1 Å². The Bertz CT molecular complexity index is 1640. The van der Waals surface area contributed by atoms with Crippen LogP contribution in [0.4, 0.5) is 13.2 Å². The van der Waals surface area contributed by atoms with E-state index >= 15 is 0 Å². The van der Waals surface area contributed by atoms with Crippen molar-refractivity contribution in [2.24, 2.45) is 11.8 Å². The van der Waals surface area contributed by atoms with Crippen molar-refractivity contribution < 1.29 is 64.2 Å². The van der Waals surface area contributed by atoms with Gasteiger partial charge in [0.25, 0.3) is 10.1 Å². The van der Waals surface area contributed by atoms with Gasteiger partial charge in [0.15, 0.2) is 17.8 Å². The van der Waals surface area contributed by atoms with Crippen LogP contribution >= 0.6 is 0 Å². The van der Waals surface area contributed by atoms with Crippen molar-refractivity contribution in [2.75, 3.05) is 12.4 Å². The van der Waals surface area contributed by atoms with Crippen molar-refractivity contribution in [1.29, 1.82) is 0 Å². The first kappa shape index (κ1) is 31.3. The Morgan fingerprint density at radius 3 is 2.41 bits per heavy atom. The molecular formula is C29H25F3O11S. The van der Waals surface area contributed by atoms with Crippen molar-refractivity contribution in [3.8, 4) is 17.6 Å². The third-order valence-corrected chi connectivity index (χ3v) is 7.86. The topological polar surface area (TPSA) is 152 Å². The van der Waals surface area contributed by atoms with Crippen LogP contribution in [0.5, 0.6) is 5.75 Å². The number of benzene rings is 2. The molecule has 3 aliphatic rings. The largest absolute Gasteiger partial charge is 0.475 e. The SMILES string of the molecule is CC(C)(C#Cc1ccccc1)Oc1cc(C(=O)OC2C3OC(=O)C4C3OC2C4C(=O)OCCS(=O)(=O)O)ccc1C(F)(F)F. The molecule has 0 spiro atoms. The Morgan fingerprint density at radius 1 is 1.05 bits per heavy atom. The molecule has 0 saturated carbocycles. The van der Waals surface area contributed by atoms with Crippen LogP contribution in [0.2, 0.25) is 0 Å². The maximum Gasteiger partial charge on any atom is 0.419 e. The second-order valence-electron chi connectivity index (χ2n) is 10.8. The van der Waals surface area contributed by atoms with Gasteiger partial charge in [0.1, 0.15) is 42.2 Å². The van der Waals surface area contributed by atoms with E-state index in [1.54, 1.807) is 30.3 Å². The molecule has 0 aliphatic carbocycles. The highest BCUT2D eigenvalue weighted by molar-refractivity contribution is 7.85. The normalized spacial score (nSPS) is 25.5. The molecule has 3 saturated heterocycles. The number of carbonyl (C=O) groups excluding carboxylic acids is 3. The zero-order valence-corrected chi connectivity index (χ0v) is 23.9. The highest BCUT2D eigenvalue weighted by Crippen LogP contribution is 2.51. The molecule has 6 unspecified atom stereocenters. The van der Waals surface area contributed by atoms with Crippen LogP contribution in [-0.2, 0) is 44.8 Å². The summed E-state index contributed by atoms with van der Waals surface area (Å²) in [6.45, 7) is 2.21. The summed E-state index contributed by atoms with van der Waals surface area (Å²) in [7, 11) is -4.43. The molecule has 234 valence electrons. The van der Waals surface area contributed by atoms with Crippen LogP contribution in [0.15, 0.2) is 48.5 Å².